The molecule has 1 heterocycles. The fourth-order valence-electron chi connectivity index (χ4n) is 2.61. The smallest absolute Gasteiger partial charge is 0.319 e. The molecule has 2 aromatic carbocycles. The Kier molecular flexibility index (Phi) is 3.92. The van der Waals surface area contributed by atoms with Crippen molar-refractivity contribution in [1.82, 2.24) is 4.57 Å². The molecule has 5 nitrogen and oxygen atoms in total. The second-order valence-corrected chi connectivity index (χ2v) is 7.23. The highest BCUT2D eigenvalue weighted by molar-refractivity contribution is 7.92. The normalized spacial score (nSPS) is 11.7. The third-order valence-electron chi connectivity index (χ3n) is 3.60. The molecule has 3 aromatic rings. The van der Waals surface area contributed by atoms with Crippen LogP contribution in [0.25, 0.3) is 10.9 Å². The topological polar surface area (TPSA) is 76.4 Å². The summed E-state index contributed by atoms with van der Waals surface area (Å²) in [7, 11) is -3.88. The number of carboxylic acids is 1. The van der Waals surface area contributed by atoms with Gasteiger partial charge in [0.25, 0.3) is 0 Å². The monoisotopic (exact) mass is 329 g/mol. The lowest BCUT2D eigenvalue weighted by molar-refractivity contribution is -0.134. The molecule has 1 aromatic heterocycles. The second kappa shape index (κ2) is 5.89. The molecule has 0 radical (unpaired) electrons. The molecule has 0 atom stereocenters. The van der Waals surface area contributed by atoms with Gasteiger partial charge in [-0.15, -0.1) is 0 Å². The van der Waals surface area contributed by atoms with E-state index in [1.54, 1.807) is 12.1 Å². The van der Waals surface area contributed by atoms with Gasteiger partial charge in [-0.3, -0.25) is 4.79 Å². The van der Waals surface area contributed by atoms with Crippen molar-refractivity contribution in [3.05, 3.63) is 66.4 Å². The quantitative estimate of drug-likeness (QED) is 0.780. The number of fused-ring (bicyclic) bond motifs is 1. The highest BCUT2D eigenvalue weighted by Crippen LogP contribution is 2.27. The van der Waals surface area contributed by atoms with Crippen LogP contribution in [-0.4, -0.2) is 29.8 Å². The van der Waals surface area contributed by atoms with Crippen molar-refractivity contribution in [1.29, 1.82) is 0 Å². The lowest BCUT2D eigenvalue weighted by Crippen LogP contribution is -2.15. The third kappa shape index (κ3) is 3.12. The largest absolute Gasteiger partial charge is 0.480 e. The van der Waals surface area contributed by atoms with E-state index in [0.717, 1.165) is 11.1 Å². The van der Waals surface area contributed by atoms with Gasteiger partial charge in [-0.2, -0.15) is 0 Å². The van der Waals surface area contributed by atoms with Crippen molar-refractivity contribution in [2.24, 2.45) is 0 Å². The van der Waals surface area contributed by atoms with Crippen LogP contribution in [0, 0.1) is 0 Å². The molecule has 0 fully saturated rings. The van der Waals surface area contributed by atoms with Crippen LogP contribution in [-0.2, 0) is 21.2 Å². The van der Waals surface area contributed by atoms with E-state index >= 15 is 0 Å². The van der Waals surface area contributed by atoms with Gasteiger partial charge < -0.3 is 9.67 Å². The molecule has 0 aliphatic heterocycles. The highest BCUT2D eigenvalue weighted by atomic mass is 32.2. The van der Waals surface area contributed by atoms with Crippen LogP contribution < -0.4 is 0 Å². The molecule has 0 bridgehead atoms. The summed E-state index contributed by atoms with van der Waals surface area (Å²) in [6, 6.07) is 16.8. The van der Waals surface area contributed by atoms with Crippen LogP contribution >= 0.6 is 0 Å². The summed E-state index contributed by atoms with van der Waals surface area (Å²) >= 11 is 0. The van der Waals surface area contributed by atoms with Gasteiger partial charge in [0, 0.05) is 23.6 Å². The number of rotatable bonds is 5. The number of benzene rings is 2. The van der Waals surface area contributed by atoms with Crippen LogP contribution in [0.5, 0.6) is 0 Å². The van der Waals surface area contributed by atoms with Crippen molar-refractivity contribution in [2.45, 2.75) is 11.4 Å². The zero-order valence-electron chi connectivity index (χ0n) is 12.2. The molecular weight excluding hydrogens is 314 g/mol. The third-order valence-corrected chi connectivity index (χ3v) is 5.22. The molecule has 1 N–H and O–H groups in total. The maximum absolute atomic E-state index is 12.3. The van der Waals surface area contributed by atoms with Crippen molar-refractivity contribution in [2.75, 3.05) is 5.75 Å². The van der Waals surface area contributed by atoms with Crippen molar-refractivity contribution in [3.8, 4) is 0 Å². The van der Waals surface area contributed by atoms with Crippen LogP contribution in [0.3, 0.4) is 0 Å². The minimum Gasteiger partial charge on any atom is -0.480 e. The van der Waals surface area contributed by atoms with E-state index in [4.69, 9.17) is 5.11 Å². The van der Waals surface area contributed by atoms with Gasteiger partial charge in [-0.1, -0.05) is 48.5 Å². The number of aromatic nitrogens is 1. The molecule has 0 aliphatic rings. The SMILES string of the molecule is O=C(O)CS(=O)(=O)c1cn(Cc2ccccc2)c2ccccc12. The van der Waals surface area contributed by atoms with Gasteiger partial charge in [0.1, 0.15) is 0 Å². The summed E-state index contributed by atoms with van der Waals surface area (Å²) in [5.74, 6) is -2.27. The van der Waals surface area contributed by atoms with Gasteiger partial charge in [0.05, 0.1) is 4.90 Å². The predicted octanol–water partition coefficient (Wildman–Crippen LogP) is 2.55. The molecule has 0 unspecified atom stereocenters. The summed E-state index contributed by atoms with van der Waals surface area (Å²) < 4.78 is 26.5. The molecule has 0 saturated heterocycles. The Labute approximate surface area is 133 Å². The Morgan fingerprint density at radius 3 is 2.35 bits per heavy atom. The zero-order chi connectivity index (χ0) is 16.4. The van der Waals surface area contributed by atoms with Crippen molar-refractivity contribution in [3.63, 3.8) is 0 Å². The molecule has 0 spiro atoms. The molecular formula is C17H15NO4S. The van der Waals surface area contributed by atoms with Gasteiger partial charge in [0.15, 0.2) is 15.6 Å². The minimum atomic E-state index is -3.88. The summed E-state index contributed by atoms with van der Waals surface area (Å²) in [6.45, 7) is 0.518. The molecule has 6 heteroatoms. The average molecular weight is 329 g/mol. The van der Waals surface area contributed by atoms with E-state index in [2.05, 4.69) is 0 Å². The Hall–Kier alpha value is -2.60. The number of sulfone groups is 1. The first kappa shape index (κ1) is 15.3. The van der Waals surface area contributed by atoms with Crippen LogP contribution in [0.15, 0.2) is 65.7 Å². The predicted molar refractivity (Wildman–Crippen MR) is 87.2 cm³/mol. The summed E-state index contributed by atoms with van der Waals surface area (Å²) in [6.07, 6.45) is 1.52. The van der Waals surface area contributed by atoms with E-state index in [0.29, 0.717) is 11.9 Å². The van der Waals surface area contributed by atoms with Gasteiger partial charge in [0.2, 0.25) is 0 Å². The number of para-hydroxylation sites is 1. The average Bonchev–Trinajstić information content (AvgIpc) is 2.87. The first-order valence-electron chi connectivity index (χ1n) is 7.04. The first-order valence-corrected chi connectivity index (χ1v) is 8.69. The first-order chi connectivity index (χ1) is 11.0. The molecule has 23 heavy (non-hydrogen) atoms. The Morgan fingerprint density at radius 1 is 1.00 bits per heavy atom. The van der Waals surface area contributed by atoms with Gasteiger partial charge in [-0.05, 0) is 11.6 Å². The molecule has 0 saturated carbocycles. The van der Waals surface area contributed by atoms with Crippen molar-refractivity contribution >= 4 is 26.7 Å². The summed E-state index contributed by atoms with van der Waals surface area (Å²) in [5, 5.41) is 9.38. The number of hydrogen-bond donors (Lipinski definition) is 1. The van der Waals surface area contributed by atoms with E-state index in [1.165, 1.54) is 6.20 Å². The van der Waals surface area contributed by atoms with Crippen molar-refractivity contribution < 1.29 is 18.3 Å². The van der Waals surface area contributed by atoms with Crippen LogP contribution in [0.4, 0.5) is 0 Å². The van der Waals surface area contributed by atoms with Gasteiger partial charge in [-0.25, -0.2) is 8.42 Å². The minimum absolute atomic E-state index is 0.0615. The molecule has 0 aliphatic carbocycles. The lowest BCUT2D eigenvalue weighted by atomic mass is 10.2. The maximum atomic E-state index is 12.3. The maximum Gasteiger partial charge on any atom is 0.319 e. The second-order valence-electron chi connectivity index (χ2n) is 5.28. The summed E-state index contributed by atoms with van der Waals surface area (Å²) in [4.78, 5) is 10.9. The Bertz CT molecular complexity index is 959. The van der Waals surface area contributed by atoms with Crippen LogP contribution in [0.1, 0.15) is 5.56 Å². The molecule has 0 amide bonds. The number of hydrogen-bond acceptors (Lipinski definition) is 3. The number of aliphatic carboxylic acids is 1. The van der Waals surface area contributed by atoms with E-state index in [9.17, 15) is 13.2 Å². The lowest BCUT2D eigenvalue weighted by Gasteiger charge is -2.05. The highest BCUT2D eigenvalue weighted by Gasteiger charge is 2.23. The van der Waals surface area contributed by atoms with E-state index in [1.807, 2.05) is 47.0 Å². The Balaban J connectivity index is 2.12. The Morgan fingerprint density at radius 2 is 1.65 bits per heavy atom. The standard InChI is InChI=1S/C17H15NO4S/c19-17(20)12-23(21,22)16-11-18(10-13-6-2-1-3-7-13)15-9-5-4-8-14(15)16/h1-9,11H,10,12H2,(H,19,20). The number of nitrogens with zero attached hydrogens (tertiary/aromatic N) is 1. The zero-order valence-corrected chi connectivity index (χ0v) is 13.0. The summed E-state index contributed by atoms with van der Waals surface area (Å²) in [5.41, 5.74) is 1.80. The van der Waals surface area contributed by atoms with Gasteiger partial charge >= 0.3 is 5.97 Å². The fourth-order valence-corrected chi connectivity index (χ4v) is 3.89. The number of carbonyl (C=O) groups is 1. The number of carboxylic acid groups (broad SMARTS) is 1. The molecule has 3 rings (SSSR count). The van der Waals surface area contributed by atoms with E-state index < -0.39 is 21.6 Å². The fraction of sp³-hybridized carbons (Fsp3) is 0.118. The van der Waals surface area contributed by atoms with E-state index in [-0.39, 0.29) is 4.90 Å². The van der Waals surface area contributed by atoms with Crippen LogP contribution in [0.2, 0.25) is 0 Å². The molecule has 118 valence electrons.